The number of nitrogens with one attached hydrogen (secondary N) is 1. The van der Waals surface area contributed by atoms with Crippen LogP contribution in [-0.4, -0.2) is 49.2 Å². The zero-order valence-corrected chi connectivity index (χ0v) is 15.4. The van der Waals surface area contributed by atoms with Crippen LogP contribution in [0, 0.1) is 0 Å². The molecule has 1 aliphatic heterocycles. The summed E-state index contributed by atoms with van der Waals surface area (Å²) < 4.78 is 11.5. The fourth-order valence-corrected chi connectivity index (χ4v) is 3.20. The van der Waals surface area contributed by atoms with Gasteiger partial charge in [-0.1, -0.05) is 18.2 Å². The second-order valence-electron chi connectivity index (χ2n) is 6.71. The molecule has 1 amide bonds. The van der Waals surface area contributed by atoms with Crippen LogP contribution in [0.3, 0.4) is 0 Å². The fourth-order valence-electron chi connectivity index (χ4n) is 3.20. The van der Waals surface area contributed by atoms with Gasteiger partial charge in [0.15, 0.2) is 0 Å². The summed E-state index contributed by atoms with van der Waals surface area (Å²) in [7, 11) is 0. The van der Waals surface area contributed by atoms with Crippen molar-refractivity contribution < 1.29 is 14.3 Å². The summed E-state index contributed by atoms with van der Waals surface area (Å²) in [5.41, 5.74) is 0.633. The number of benzene rings is 2. The van der Waals surface area contributed by atoms with E-state index < -0.39 is 0 Å². The Labute approximate surface area is 154 Å². The van der Waals surface area contributed by atoms with Crippen molar-refractivity contribution in [2.24, 2.45) is 0 Å². The molecule has 0 saturated carbocycles. The molecule has 1 fully saturated rings. The molecule has 0 aromatic heterocycles. The summed E-state index contributed by atoms with van der Waals surface area (Å²) >= 11 is 0. The standard InChI is InChI=1S/C21H26N2O3/c1-16-14-23(15-17(2)25-16)13-12-22-21(24)18-8-10-20(11-9-18)26-19-6-4-3-5-7-19/h3-11,16-17H,12-15H2,1-2H3,(H,22,24). The molecule has 1 N–H and O–H groups in total. The Morgan fingerprint density at radius 2 is 1.65 bits per heavy atom. The first-order chi connectivity index (χ1) is 12.6. The van der Waals surface area contributed by atoms with Crippen LogP contribution >= 0.6 is 0 Å². The van der Waals surface area contributed by atoms with E-state index in [-0.39, 0.29) is 18.1 Å². The topological polar surface area (TPSA) is 50.8 Å². The summed E-state index contributed by atoms with van der Waals surface area (Å²) in [6.45, 7) is 7.44. The quantitative estimate of drug-likeness (QED) is 0.865. The van der Waals surface area contributed by atoms with Gasteiger partial charge in [-0.15, -0.1) is 0 Å². The predicted molar refractivity (Wildman–Crippen MR) is 102 cm³/mol. The highest BCUT2D eigenvalue weighted by molar-refractivity contribution is 5.94. The first kappa shape index (κ1) is 18.4. The maximum Gasteiger partial charge on any atom is 0.251 e. The van der Waals surface area contributed by atoms with Crippen molar-refractivity contribution in [3.05, 3.63) is 60.2 Å². The number of nitrogens with zero attached hydrogens (tertiary/aromatic N) is 1. The number of hydrogen-bond acceptors (Lipinski definition) is 4. The molecule has 0 spiro atoms. The molecule has 138 valence electrons. The third-order valence-corrected chi connectivity index (χ3v) is 4.30. The first-order valence-corrected chi connectivity index (χ1v) is 9.09. The molecule has 1 aliphatic rings. The highest BCUT2D eigenvalue weighted by Gasteiger charge is 2.21. The van der Waals surface area contributed by atoms with Crippen LogP contribution in [0.2, 0.25) is 0 Å². The largest absolute Gasteiger partial charge is 0.457 e. The van der Waals surface area contributed by atoms with Gasteiger partial charge in [-0.2, -0.15) is 0 Å². The van der Waals surface area contributed by atoms with Crippen molar-refractivity contribution in [3.63, 3.8) is 0 Å². The van der Waals surface area contributed by atoms with Gasteiger partial charge in [0.2, 0.25) is 0 Å². The third kappa shape index (κ3) is 5.31. The molecule has 5 nitrogen and oxygen atoms in total. The van der Waals surface area contributed by atoms with Crippen LogP contribution in [0.25, 0.3) is 0 Å². The minimum atomic E-state index is -0.0642. The van der Waals surface area contributed by atoms with Crippen LogP contribution in [0.1, 0.15) is 24.2 Å². The van der Waals surface area contributed by atoms with Gasteiger partial charge in [0.1, 0.15) is 11.5 Å². The van der Waals surface area contributed by atoms with Gasteiger partial charge in [0, 0.05) is 31.7 Å². The molecule has 2 aromatic rings. The lowest BCUT2D eigenvalue weighted by Gasteiger charge is -2.35. The molecule has 0 bridgehead atoms. The maximum atomic E-state index is 12.3. The number of hydrogen-bond donors (Lipinski definition) is 1. The Hall–Kier alpha value is -2.37. The SMILES string of the molecule is CC1CN(CCNC(=O)c2ccc(Oc3ccccc3)cc2)CC(C)O1. The lowest BCUT2D eigenvalue weighted by Crippen LogP contribution is -2.47. The molecule has 1 heterocycles. The smallest absolute Gasteiger partial charge is 0.251 e. The van der Waals surface area contributed by atoms with Crippen LogP contribution < -0.4 is 10.1 Å². The molecule has 2 unspecified atom stereocenters. The second kappa shape index (κ2) is 8.83. The molecular formula is C21H26N2O3. The summed E-state index contributed by atoms with van der Waals surface area (Å²) in [4.78, 5) is 14.6. The average molecular weight is 354 g/mol. The van der Waals surface area contributed by atoms with Gasteiger partial charge >= 0.3 is 0 Å². The minimum absolute atomic E-state index is 0.0642. The predicted octanol–water partition coefficient (Wildman–Crippen LogP) is 3.32. The average Bonchev–Trinajstić information content (AvgIpc) is 2.62. The number of carbonyl (C=O) groups is 1. The van der Waals surface area contributed by atoms with Gasteiger partial charge in [0.25, 0.3) is 5.91 Å². The van der Waals surface area contributed by atoms with Crippen LogP contribution in [-0.2, 0) is 4.74 Å². The molecule has 26 heavy (non-hydrogen) atoms. The number of morpholine rings is 1. The number of amides is 1. The number of carbonyl (C=O) groups excluding carboxylic acids is 1. The van der Waals surface area contributed by atoms with Crippen molar-refractivity contribution >= 4 is 5.91 Å². The van der Waals surface area contributed by atoms with Crippen molar-refractivity contribution in [2.75, 3.05) is 26.2 Å². The highest BCUT2D eigenvalue weighted by Crippen LogP contribution is 2.21. The van der Waals surface area contributed by atoms with E-state index in [0.717, 1.165) is 25.4 Å². The molecule has 3 rings (SSSR count). The van der Waals surface area contributed by atoms with Gasteiger partial charge in [0.05, 0.1) is 12.2 Å². The summed E-state index contributed by atoms with van der Waals surface area (Å²) in [6, 6.07) is 16.8. The van der Waals surface area contributed by atoms with E-state index in [1.54, 1.807) is 12.1 Å². The number of para-hydroxylation sites is 1. The van der Waals surface area contributed by atoms with E-state index in [9.17, 15) is 4.79 Å². The van der Waals surface area contributed by atoms with Crippen molar-refractivity contribution in [3.8, 4) is 11.5 Å². The van der Waals surface area contributed by atoms with Crippen LogP contribution in [0.5, 0.6) is 11.5 Å². The molecule has 1 saturated heterocycles. The minimum Gasteiger partial charge on any atom is -0.457 e. The Balaban J connectivity index is 1.46. The third-order valence-electron chi connectivity index (χ3n) is 4.30. The van der Waals surface area contributed by atoms with Crippen molar-refractivity contribution in [2.45, 2.75) is 26.1 Å². The Morgan fingerprint density at radius 3 is 2.31 bits per heavy atom. The first-order valence-electron chi connectivity index (χ1n) is 9.09. The Morgan fingerprint density at radius 1 is 1.04 bits per heavy atom. The highest BCUT2D eigenvalue weighted by atomic mass is 16.5. The van der Waals surface area contributed by atoms with E-state index in [1.807, 2.05) is 42.5 Å². The van der Waals surface area contributed by atoms with Crippen molar-refractivity contribution in [1.82, 2.24) is 10.2 Å². The molecule has 0 aliphatic carbocycles. The molecule has 2 atom stereocenters. The fraction of sp³-hybridized carbons (Fsp3) is 0.381. The molecule has 5 heteroatoms. The monoisotopic (exact) mass is 354 g/mol. The van der Waals surface area contributed by atoms with Gasteiger partial charge in [-0.25, -0.2) is 0 Å². The normalized spacial score (nSPS) is 20.5. The van der Waals surface area contributed by atoms with Gasteiger partial charge < -0.3 is 14.8 Å². The summed E-state index contributed by atoms with van der Waals surface area (Å²) in [5.74, 6) is 1.42. The van der Waals surface area contributed by atoms with Crippen molar-refractivity contribution in [1.29, 1.82) is 0 Å². The zero-order chi connectivity index (χ0) is 18.4. The molecular weight excluding hydrogens is 328 g/mol. The van der Waals surface area contributed by atoms with E-state index in [1.165, 1.54) is 0 Å². The van der Waals surface area contributed by atoms with Crippen LogP contribution in [0.4, 0.5) is 0 Å². The van der Waals surface area contributed by atoms with E-state index in [4.69, 9.17) is 9.47 Å². The molecule has 2 aromatic carbocycles. The Bertz CT molecular complexity index is 693. The lowest BCUT2D eigenvalue weighted by atomic mass is 10.2. The van der Waals surface area contributed by atoms with Crippen LogP contribution in [0.15, 0.2) is 54.6 Å². The van der Waals surface area contributed by atoms with E-state index >= 15 is 0 Å². The van der Waals surface area contributed by atoms with E-state index in [0.29, 0.717) is 17.9 Å². The van der Waals surface area contributed by atoms with Gasteiger partial charge in [-0.3, -0.25) is 9.69 Å². The number of rotatable bonds is 6. The molecule has 0 radical (unpaired) electrons. The lowest BCUT2D eigenvalue weighted by molar-refractivity contribution is -0.0672. The zero-order valence-electron chi connectivity index (χ0n) is 15.4. The summed E-state index contributed by atoms with van der Waals surface area (Å²) in [6.07, 6.45) is 0.484. The summed E-state index contributed by atoms with van der Waals surface area (Å²) in [5, 5.41) is 2.98. The Kier molecular flexibility index (Phi) is 6.26. The number of ether oxygens (including phenoxy) is 2. The van der Waals surface area contributed by atoms with Gasteiger partial charge in [-0.05, 0) is 50.2 Å². The maximum absolute atomic E-state index is 12.3. The van der Waals surface area contributed by atoms with E-state index in [2.05, 4.69) is 24.1 Å². The second-order valence-corrected chi connectivity index (χ2v) is 6.71.